The Morgan fingerprint density at radius 1 is 1.27 bits per heavy atom. The van der Waals surface area contributed by atoms with E-state index in [0.717, 1.165) is 12.8 Å². The van der Waals surface area contributed by atoms with E-state index in [1.807, 2.05) is 0 Å². The van der Waals surface area contributed by atoms with Gasteiger partial charge in [-0.1, -0.05) is 36.3 Å². The number of allylic oxidation sites excluding steroid dienone is 1. The predicted octanol–water partition coefficient (Wildman–Crippen LogP) is 5.34. The first kappa shape index (κ1) is 27.2. The number of nitrogens with zero attached hydrogens (tertiary/aromatic N) is 3. The molecule has 208 valence electrons. The fourth-order valence-corrected chi connectivity index (χ4v) is 4.58. The summed E-state index contributed by atoms with van der Waals surface area (Å²) in [5, 5.41) is 3.70. The first-order valence-corrected chi connectivity index (χ1v) is 12.4. The molecule has 0 aliphatic carbocycles. The van der Waals surface area contributed by atoms with Crippen molar-refractivity contribution < 1.29 is 31.8 Å². The summed E-state index contributed by atoms with van der Waals surface area (Å²) in [4.78, 5) is 21.2. The second-order valence-electron chi connectivity index (χ2n) is 9.04. The Hall–Kier alpha value is -4.34. The maximum atomic E-state index is 14.2. The van der Waals surface area contributed by atoms with E-state index < -0.39 is 23.7 Å². The van der Waals surface area contributed by atoms with Gasteiger partial charge in [-0.15, -0.1) is 6.42 Å². The van der Waals surface area contributed by atoms with Gasteiger partial charge in [0, 0.05) is 12.7 Å². The van der Waals surface area contributed by atoms with E-state index in [0.29, 0.717) is 17.5 Å². The number of H-pyrrole nitrogens is 1. The van der Waals surface area contributed by atoms with Crippen LogP contribution in [0, 0.1) is 19.3 Å². The number of fused-ring (bicyclic) bond motifs is 1. The number of rotatable bonds is 7. The lowest BCUT2D eigenvalue weighted by atomic mass is 10.1. The number of methoxy groups -OCH3 is 1. The maximum Gasteiger partial charge on any atom is 0.435 e. The molecule has 0 saturated carbocycles. The lowest BCUT2D eigenvalue weighted by Crippen LogP contribution is -2.25. The number of aromatic nitrogens is 4. The molecular weight excluding hydrogens is 529 g/mol. The molecule has 0 spiro atoms. The van der Waals surface area contributed by atoms with E-state index in [-0.39, 0.29) is 57.7 Å². The number of ether oxygens (including phenoxy) is 3. The van der Waals surface area contributed by atoms with Crippen LogP contribution in [0.4, 0.5) is 13.2 Å². The van der Waals surface area contributed by atoms with Crippen LogP contribution in [0.25, 0.3) is 34.0 Å². The van der Waals surface area contributed by atoms with Crippen molar-refractivity contribution in [2.24, 2.45) is 0 Å². The van der Waals surface area contributed by atoms with Crippen LogP contribution in [0.1, 0.15) is 42.1 Å². The van der Waals surface area contributed by atoms with Crippen LogP contribution < -0.4 is 5.56 Å². The van der Waals surface area contributed by atoms with Crippen LogP contribution >= 0.6 is 0 Å². The van der Waals surface area contributed by atoms with Gasteiger partial charge in [0.2, 0.25) is 5.89 Å². The summed E-state index contributed by atoms with van der Waals surface area (Å²) >= 11 is 0. The number of aryl methyl sites for hydroxylation is 1. The molecule has 1 N–H and O–H groups in total. The number of hydrogen-bond donors (Lipinski definition) is 1. The molecule has 1 aromatic carbocycles. The van der Waals surface area contributed by atoms with Gasteiger partial charge in [0.25, 0.3) is 5.56 Å². The van der Waals surface area contributed by atoms with Crippen LogP contribution in [0.2, 0.25) is 0 Å². The van der Waals surface area contributed by atoms with Crippen LogP contribution in [-0.2, 0) is 27.0 Å². The Balaban J connectivity index is 1.75. The summed E-state index contributed by atoms with van der Waals surface area (Å²) in [7, 11) is 1.40. The van der Waals surface area contributed by atoms with Crippen molar-refractivity contribution in [2.75, 3.05) is 13.7 Å². The Morgan fingerprint density at radius 3 is 2.70 bits per heavy atom. The van der Waals surface area contributed by atoms with E-state index in [1.54, 1.807) is 25.1 Å². The van der Waals surface area contributed by atoms with Crippen LogP contribution in [0.15, 0.2) is 45.6 Å². The van der Waals surface area contributed by atoms with Gasteiger partial charge >= 0.3 is 6.18 Å². The molecule has 4 heterocycles. The number of benzene rings is 1. The Morgan fingerprint density at radius 2 is 2.05 bits per heavy atom. The minimum absolute atomic E-state index is 0.144. The molecule has 4 aromatic rings. The molecule has 3 aromatic heterocycles. The fraction of sp³-hybridized carbons (Fsp3) is 0.321. The summed E-state index contributed by atoms with van der Waals surface area (Å²) in [6.07, 6.45) is 3.77. The molecule has 0 amide bonds. The molecule has 1 atom stereocenters. The lowest BCUT2D eigenvalue weighted by Gasteiger charge is -2.23. The van der Waals surface area contributed by atoms with Gasteiger partial charge in [0.15, 0.2) is 17.7 Å². The molecule has 5 rings (SSSR count). The summed E-state index contributed by atoms with van der Waals surface area (Å²) in [6, 6.07) is 7.91. The van der Waals surface area contributed by atoms with Crippen molar-refractivity contribution >= 4 is 11.4 Å². The van der Waals surface area contributed by atoms with Gasteiger partial charge in [-0.25, -0.2) is 4.98 Å². The molecule has 9 nitrogen and oxygen atoms in total. The van der Waals surface area contributed by atoms with Gasteiger partial charge in [0.1, 0.15) is 22.7 Å². The quantitative estimate of drug-likeness (QED) is 0.243. The van der Waals surface area contributed by atoms with Crippen LogP contribution in [0.3, 0.4) is 0 Å². The lowest BCUT2D eigenvalue weighted by molar-refractivity contribution is -0.169. The third kappa shape index (κ3) is 5.13. The van der Waals surface area contributed by atoms with Crippen molar-refractivity contribution in [3.63, 3.8) is 0 Å². The molecule has 0 radical (unpaired) electrons. The highest BCUT2D eigenvalue weighted by molar-refractivity contribution is 5.81. The predicted molar refractivity (Wildman–Crippen MR) is 139 cm³/mol. The highest BCUT2D eigenvalue weighted by atomic mass is 19.4. The number of terminal acetylenes is 1. The molecular formula is C28H25F3N4O5. The SMILES string of the molecule is C#C/C=C(/OC)c1nc(-c2c(COC3CCCCO3)[nH]c3c(-c4ccccc4)c(C(F)(F)F)nn3c2=O)oc1C. The van der Waals surface area contributed by atoms with Crippen LogP contribution in [0.5, 0.6) is 0 Å². The second-order valence-corrected chi connectivity index (χ2v) is 9.04. The summed E-state index contributed by atoms with van der Waals surface area (Å²) in [5.41, 5.74) is -2.05. The number of hydrogen-bond acceptors (Lipinski definition) is 7. The van der Waals surface area contributed by atoms with Crippen LogP contribution in [-0.4, -0.2) is 39.6 Å². The molecule has 1 aliphatic heterocycles. The van der Waals surface area contributed by atoms with Gasteiger partial charge < -0.3 is 23.6 Å². The van der Waals surface area contributed by atoms with Crippen molar-refractivity contribution in [1.29, 1.82) is 0 Å². The molecule has 1 unspecified atom stereocenters. The topological polar surface area (TPSA) is 104 Å². The zero-order valence-electron chi connectivity index (χ0n) is 21.7. The second kappa shape index (κ2) is 11.0. The largest absolute Gasteiger partial charge is 0.494 e. The zero-order valence-corrected chi connectivity index (χ0v) is 21.7. The normalized spacial score (nSPS) is 16.3. The first-order valence-electron chi connectivity index (χ1n) is 12.4. The van der Waals surface area contributed by atoms with Crippen molar-refractivity contribution in [3.8, 4) is 34.9 Å². The van der Waals surface area contributed by atoms with E-state index in [1.165, 1.54) is 25.3 Å². The van der Waals surface area contributed by atoms with E-state index >= 15 is 0 Å². The third-order valence-corrected chi connectivity index (χ3v) is 6.42. The standard InChI is InChI=1S/C28H25F3N4O5/c1-4-10-19(37-3)23-16(2)40-26(33-23)22-18(15-39-20-13-8-9-14-38-20)32-25-21(17-11-6-5-7-12-17)24(28(29,30)31)34-35(25)27(22)36/h1,5-7,10-12,20,32H,8-9,13-15H2,2-3H3/b19-10+. The van der Waals surface area contributed by atoms with E-state index in [2.05, 4.69) is 21.0 Å². The van der Waals surface area contributed by atoms with Crippen molar-refractivity contribution in [3.05, 3.63) is 69.6 Å². The van der Waals surface area contributed by atoms with Gasteiger partial charge in [-0.05, 0) is 31.7 Å². The number of alkyl halides is 3. The maximum absolute atomic E-state index is 14.2. The summed E-state index contributed by atoms with van der Waals surface area (Å²) in [6.45, 7) is 1.92. The average molecular weight is 555 g/mol. The summed E-state index contributed by atoms with van der Waals surface area (Å²) < 4.78 is 65.9. The molecule has 1 aliphatic rings. The van der Waals surface area contributed by atoms with Gasteiger partial charge in [-0.2, -0.15) is 22.8 Å². The average Bonchev–Trinajstić information content (AvgIpc) is 3.52. The first-order chi connectivity index (χ1) is 19.2. The zero-order chi connectivity index (χ0) is 28.4. The molecule has 1 saturated heterocycles. The molecule has 12 heteroatoms. The number of oxazole rings is 1. The minimum Gasteiger partial charge on any atom is -0.494 e. The Bertz CT molecular complexity index is 1660. The molecule has 40 heavy (non-hydrogen) atoms. The van der Waals surface area contributed by atoms with Gasteiger partial charge in [0.05, 0.1) is 25.0 Å². The monoisotopic (exact) mass is 554 g/mol. The highest BCUT2D eigenvalue weighted by Crippen LogP contribution is 2.38. The van der Waals surface area contributed by atoms with Crippen molar-refractivity contribution in [1.82, 2.24) is 19.6 Å². The fourth-order valence-electron chi connectivity index (χ4n) is 4.58. The number of aromatic amines is 1. The van der Waals surface area contributed by atoms with Gasteiger partial charge in [-0.3, -0.25) is 4.79 Å². The summed E-state index contributed by atoms with van der Waals surface area (Å²) in [5.74, 6) is 2.67. The molecule has 1 fully saturated rings. The molecule has 0 bridgehead atoms. The van der Waals surface area contributed by atoms with Crippen molar-refractivity contribution in [2.45, 2.75) is 45.3 Å². The highest BCUT2D eigenvalue weighted by Gasteiger charge is 2.40. The number of nitrogens with one attached hydrogen (secondary N) is 1. The van der Waals surface area contributed by atoms with E-state index in [4.69, 9.17) is 25.1 Å². The Kier molecular flexibility index (Phi) is 7.51. The smallest absolute Gasteiger partial charge is 0.435 e. The number of halogens is 3. The third-order valence-electron chi connectivity index (χ3n) is 6.42. The Labute approximate surface area is 226 Å². The minimum atomic E-state index is -4.84. The van der Waals surface area contributed by atoms with E-state index in [9.17, 15) is 18.0 Å².